The normalized spacial score (nSPS) is 12.7. The first-order valence-electron chi connectivity index (χ1n) is 7.40. The van der Waals surface area contributed by atoms with Gasteiger partial charge in [0, 0.05) is 30.4 Å². The average Bonchev–Trinajstić information content (AvgIpc) is 2.58. The molecule has 0 unspecified atom stereocenters. The molecule has 120 valence electrons. The molecule has 0 bridgehead atoms. The molecule has 0 aliphatic carbocycles. The summed E-state index contributed by atoms with van der Waals surface area (Å²) in [6.07, 6.45) is 0. The first kappa shape index (κ1) is 16.2. The number of benzene rings is 3. The van der Waals surface area contributed by atoms with Gasteiger partial charge in [0.05, 0.1) is 17.9 Å². The molecule has 1 aliphatic heterocycles. The Labute approximate surface area is 160 Å². The first-order valence-corrected chi connectivity index (χ1v) is 9.35. The molecule has 24 heavy (non-hydrogen) atoms. The highest BCUT2D eigenvalue weighted by Crippen LogP contribution is 2.49. The van der Waals surface area contributed by atoms with Crippen molar-refractivity contribution in [3.63, 3.8) is 0 Å². The van der Waals surface area contributed by atoms with Crippen LogP contribution in [0.25, 0.3) is 0 Å². The van der Waals surface area contributed by atoms with Gasteiger partial charge in [-0.15, -0.1) is 0 Å². The fourth-order valence-corrected chi connectivity index (χ4v) is 4.57. The van der Waals surface area contributed by atoms with Gasteiger partial charge in [-0.25, -0.2) is 0 Å². The van der Waals surface area contributed by atoms with E-state index in [-0.39, 0.29) is 0 Å². The van der Waals surface area contributed by atoms with E-state index in [1.165, 1.54) is 9.79 Å². The van der Waals surface area contributed by atoms with E-state index >= 15 is 0 Å². The van der Waals surface area contributed by atoms with Crippen molar-refractivity contribution in [2.75, 3.05) is 4.90 Å². The van der Waals surface area contributed by atoms with Crippen LogP contribution >= 0.6 is 46.6 Å². The van der Waals surface area contributed by atoms with E-state index in [1.807, 2.05) is 42.5 Å². The van der Waals surface area contributed by atoms with E-state index in [2.05, 4.69) is 23.1 Å². The third-order valence-electron chi connectivity index (χ3n) is 3.97. The fourth-order valence-electron chi connectivity index (χ4n) is 2.81. The Morgan fingerprint density at radius 1 is 0.750 bits per heavy atom. The van der Waals surface area contributed by atoms with Crippen LogP contribution in [0.3, 0.4) is 0 Å². The SMILES string of the molecule is Clc1ccc2c(c1)N(Cc1c(Cl)cccc1Cl)c1ccccc1S2. The summed E-state index contributed by atoms with van der Waals surface area (Å²) in [5.41, 5.74) is 3.11. The smallest absolute Gasteiger partial charge is 0.0570 e. The summed E-state index contributed by atoms with van der Waals surface area (Å²) in [7, 11) is 0. The van der Waals surface area contributed by atoms with Crippen molar-refractivity contribution in [1.82, 2.24) is 0 Å². The highest BCUT2D eigenvalue weighted by Gasteiger charge is 2.24. The predicted molar refractivity (Wildman–Crippen MR) is 104 cm³/mol. The molecular weight excluding hydrogens is 381 g/mol. The molecule has 1 heterocycles. The van der Waals surface area contributed by atoms with Crippen molar-refractivity contribution in [1.29, 1.82) is 0 Å². The largest absolute Gasteiger partial charge is 0.335 e. The zero-order chi connectivity index (χ0) is 16.7. The summed E-state index contributed by atoms with van der Waals surface area (Å²) in [6.45, 7) is 0.587. The van der Waals surface area contributed by atoms with E-state index in [1.54, 1.807) is 11.8 Å². The van der Waals surface area contributed by atoms with Crippen molar-refractivity contribution in [3.05, 3.63) is 81.3 Å². The molecule has 0 saturated carbocycles. The third kappa shape index (κ3) is 2.89. The van der Waals surface area contributed by atoms with E-state index in [9.17, 15) is 0 Å². The minimum Gasteiger partial charge on any atom is -0.335 e. The zero-order valence-corrected chi connectivity index (χ0v) is 15.6. The van der Waals surface area contributed by atoms with E-state index in [0.29, 0.717) is 21.6 Å². The maximum absolute atomic E-state index is 6.39. The fraction of sp³-hybridized carbons (Fsp3) is 0.0526. The summed E-state index contributed by atoms with van der Waals surface area (Å²) in [4.78, 5) is 4.59. The minimum atomic E-state index is 0.587. The van der Waals surface area contributed by atoms with Gasteiger partial charge in [-0.1, -0.05) is 64.8 Å². The van der Waals surface area contributed by atoms with Gasteiger partial charge in [-0.05, 0) is 42.5 Å². The molecule has 3 aromatic rings. The quantitative estimate of drug-likeness (QED) is 0.445. The van der Waals surface area contributed by atoms with Gasteiger partial charge in [-0.2, -0.15) is 0 Å². The number of nitrogens with zero attached hydrogens (tertiary/aromatic N) is 1. The van der Waals surface area contributed by atoms with Crippen molar-refractivity contribution >= 4 is 57.9 Å². The molecular formula is C19H12Cl3NS. The number of hydrogen-bond donors (Lipinski definition) is 0. The molecule has 1 aliphatic rings. The highest BCUT2D eigenvalue weighted by atomic mass is 35.5. The number of hydrogen-bond acceptors (Lipinski definition) is 2. The second kappa shape index (κ2) is 6.53. The molecule has 5 heteroatoms. The molecule has 0 N–H and O–H groups in total. The van der Waals surface area contributed by atoms with Crippen molar-refractivity contribution in [2.45, 2.75) is 16.3 Å². The van der Waals surface area contributed by atoms with E-state index in [4.69, 9.17) is 34.8 Å². The second-order valence-electron chi connectivity index (χ2n) is 5.47. The van der Waals surface area contributed by atoms with Crippen molar-refractivity contribution in [2.24, 2.45) is 0 Å². The number of anilines is 2. The second-order valence-corrected chi connectivity index (χ2v) is 7.80. The molecule has 0 atom stereocenters. The summed E-state index contributed by atoms with van der Waals surface area (Å²) in [5, 5.41) is 2.05. The van der Waals surface area contributed by atoms with E-state index < -0.39 is 0 Å². The zero-order valence-electron chi connectivity index (χ0n) is 12.5. The molecule has 0 amide bonds. The Morgan fingerprint density at radius 2 is 1.46 bits per heavy atom. The summed E-state index contributed by atoms with van der Waals surface area (Å²) in [6, 6.07) is 19.9. The van der Waals surface area contributed by atoms with E-state index in [0.717, 1.165) is 16.9 Å². The third-order valence-corrected chi connectivity index (χ3v) is 6.04. The first-order chi connectivity index (χ1) is 11.6. The van der Waals surface area contributed by atoms with Gasteiger partial charge in [-0.3, -0.25) is 0 Å². The molecule has 4 rings (SSSR count). The standard InChI is InChI=1S/C19H12Cl3NS/c20-12-8-9-19-17(10-12)23(16-6-1-2-7-18(16)24-19)11-13-14(21)4-3-5-15(13)22/h1-10H,11H2. The van der Waals surface area contributed by atoms with Gasteiger partial charge >= 0.3 is 0 Å². The van der Waals surface area contributed by atoms with Crippen molar-refractivity contribution < 1.29 is 0 Å². The maximum atomic E-state index is 6.39. The van der Waals surface area contributed by atoms with Crippen LogP contribution in [0.4, 0.5) is 11.4 Å². The maximum Gasteiger partial charge on any atom is 0.0570 e. The lowest BCUT2D eigenvalue weighted by Crippen LogP contribution is -2.20. The minimum absolute atomic E-state index is 0.587. The predicted octanol–water partition coefficient (Wildman–Crippen LogP) is 7.45. The van der Waals surface area contributed by atoms with Crippen LogP contribution in [-0.4, -0.2) is 0 Å². The number of halogens is 3. The lowest BCUT2D eigenvalue weighted by Gasteiger charge is -2.33. The Hall–Kier alpha value is -1.32. The molecule has 3 aromatic carbocycles. The summed E-state index contributed by atoms with van der Waals surface area (Å²) in [5.74, 6) is 0. The van der Waals surface area contributed by atoms with Crippen LogP contribution in [-0.2, 0) is 6.54 Å². The van der Waals surface area contributed by atoms with Crippen LogP contribution in [0.2, 0.25) is 15.1 Å². The Bertz CT molecular complexity index is 906. The molecule has 1 nitrogen and oxygen atoms in total. The monoisotopic (exact) mass is 391 g/mol. The lowest BCUT2D eigenvalue weighted by atomic mass is 10.1. The van der Waals surface area contributed by atoms with Crippen LogP contribution in [0.1, 0.15) is 5.56 Å². The van der Waals surface area contributed by atoms with Gasteiger partial charge in [0.1, 0.15) is 0 Å². The van der Waals surface area contributed by atoms with Crippen LogP contribution in [0.15, 0.2) is 70.5 Å². The molecule has 0 fully saturated rings. The number of rotatable bonds is 2. The average molecular weight is 393 g/mol. The topological polar surface area (TPSA) is 3.24 Å². The highest BCUT2D eigenvalue weighted by molar-refractivity contribution is 7.99. The number of fused-ring (bicyclic) bond motifs is 2. The number of para-hydroxylation sites is 1. The van der Waals surface area contributed by atoms with Gasteiger partial charge in [0.2, 0.25) is 0 Å². The van der Waals surface area contributed by atoms with Gasteiger partial charge < -0.3 is 4.90 Å². The van der Waals surface area contributed by atoms with Gasteiger partial charge in [0.15, 0.2) is 0 Å². The molecule has 0 aromatic heterocycles. The lowest BCUT2D eigenvalue weighted by molar-refractivity contribution is 0.938. The summed E-state index contributed by atoms with van der Waals surface area (Å²) >= 11 is 20.8. The van der Waals surface area contributed by atoms with Crippen molar-refractivity contribution in [3.8, 4) is 0 Å². The van der Waals surface area contributed by atoms with Crippen LogP contribution in [0, 0.1) is 0 Å². The molecule has 0 saturated heterocycles. The Kier molecular flexibility index (Phi) is 4.40. The Balaban J connectivity index is 1.87. The molecule has 0 radical (unpaired) electrons. The summed E-state index contributed by atoms with van der Waals surface area (Å²) < 4.78 is 0. The van der Waals surface area contributed by atoms with Gasteiger partial charge in [0.25, 0.3) is 0 Å². The van der Waals surface area contributed by atoms with Crippen LogP contribution < -0.4 is 4.90 Å². The van der Waals surface area contributed by atoms with Crippen LogP contribution in [0.5, 0.6) is 0 Å². The Morgan fingerprint density at radius 3 is 2.25 bits per heavy atom. The molecule has 0 spiro atoms.